The Morgan fingerprint density at radius 1 is 1.00 bits per heavy atom. The van der Waals surface area contributed by atoms with Crippen LogP contribution in [0.4, 0.5) is 0 Å². The lowest BCUT2D eigenvalue weighted by Gasteiger charge is -2.04. The van der Waals surface area contributed by atoms with E-state index in [1.807, 2.05) is 49.6 Å². The molecule has 9 heteroatoms. The predicted molar refractivity (Wildman–Crippen MR) is 128 cm³/mol. The molecule has 8 nitrogen and oxygen atoms in total. The summed E-state index contributed by atoms with van der Waals surface area (Å²) in [6.07, 6.45) is 7.17. The Kier molecular flexibility index (Phi) is 4.37. The summed E-state index contributed by atoms with van der Waals surface area (Å²) < 4.78 is 0. The standard InChI is InChI=1S/C24H17N7OS/c1-12-5-7-25-11-17(12)14-9-16-21(30-31-22(16)27-10-14)24-28-20-15(6-8-26-23(20)29-24)19-4-3-18(33-19)13(2)32/h3-11H,1-2H3,(H,26,28,29)(H,27,30,31). The van der Waals surface area contributed by atoms with Crippen LogP contribution in [0.1, 0.15) is 22.2 Å². The zero-order valence-corrected chi connectivity index (χ0v) is 18.6. The van der Waals surface area contributed by atoms with Crippen LogP contribution in [0.2, 0.25) is 0 Å². The first-order valence-corrected chi connectivity index (χ1v) is 11.1. The smallest absolute Gasteiger partial charge is 0.169 e. The number of carbonyl (C=O) groups is 1. The molecule has 0 radical (unpaired) electrons. The molecule has 0 saturated carbocycles. The number of nitrogens with zero attached hydrogens (tertiary/aromatic N) is 5. The Morgan fingerprint density at radius 2 is 1.91 bits per heavy atom. The molecule has 33 heavy (non-hydrogen) atoms. The molecule has 6 rings (SSSR count). The molecule has 0 fully saturated rings. The summed E-state index contributed by atoms with van der Waals surface area (Å²) in [5.74, 6) is 0.649. The van der Waals surface area contributed by atoms with Crippen molar-refractivity contribution in [1.82, 2.24) is 35.1 Å². The lowest BCUT2D eigenvalue weighted by Crippen LogP contribution is -1.87. The third kappa shape index (κ3) is 3.21. The normalized spacial score (nSPS) is 11.5. The van der Waals surface area contributed by atoms with E-state index in [0.29, 0.717) is 27.7 Å². The van der Waals surface area contributed by atoms with Gasteiger partial charge in [-0.1, -0.05) is 0 Å². The van der Waals surface area contributed by atoms with Crippen LogP contribution in [0, 0.1) is 6.92 Å². The number of hydrogen-bond donors (Lipinski definition) is 2. The summed E-state index contributed by atoms with van der Waals surface area (Å²) in [6.45, 7) is 3.62. The second-order valence-corrected chi connectivity index (χ2v) is 8.83. The number of carbonyl (C=O) groups excluding carboxylic acids is 1. The first-order chi connectivity index (χ1) is 16.1. The van der Waals surface area contributed by atoms with Crippen LogP contribution >= 0.6 is 11.3 Å². The van der Waals surface area contributed by atoms with Crippen LogP contribution in [0.15, 0.2) is 55.1 Å². The lowest BCUT2D eigenvalue weighted by molar-refractivity contribution is 0.102. The minimum atomic E-state index is 0.0504. The fraction of sp³-hybridized carbons (Fsp3) is 0.0833. The highest BCUT2D eigenvalue weighted by Crippen LogP contribution is 2.35. The van der Waals surface area contributed by atoms with Crippen molar-refractivity contribution >= 4 is 39.3 Å². The molecule has 0 unspecified atom stereocenters. The molecule has 160 valence electrons. The van der Waals surface area contributed by atoms with E-state index >= 15 is 0 Å². The van der Waals surface area contributed by atoms with Crippen LogP contribution in [-0.2, 0) is 0 Å². The van der Waals surface area contributed by atoms with Crippen molar-refractivity contribution in [2.24, 2.45) is 0 Å². The van der Waals surface area contributed by atoms with Gasteiger partial charge in [0.15, 0.2) is 22.9 Å². The first kappa shape index (κ1) is 19.4. The van der Waals surface area contributed by atoms with Gasteiger partial charge in [-0.2, -0.15) is 5.10 Å². The summed E-state index contributed by atoms with van der Waals surface area (Å²) in [6, 6.07) is 9.73. The number of Topliss-reactive ketones (excluding diaryl/α,β-unsaturated/α-hetero) is 1. The van der Waals surface area contributed by atoms with E-state index in [2.05, 4.69) is 30.1 Å². The SMILES string of the molecule is CC(=O)c1ccc(-c2ccnc3[nH]c(-c4n[nH]c5ncc(-c6cnccc6C)cc45)nc23)s1. The molecule has 0 spiro atoms. The molecule has 6 heterocycles. The van der Waals surface area contributed by atoms with E-state index in [0.717, 1.165) is 38.0 Å². The number of H-pyrrole nitrogens is 2. The van der Waals surface area contributed by atoms with Crippen LogP contribution in [0.25, 0.3) is 55.3 Å². The number of aromatic nitrogens is 7. The Hall–Kier alpha value is -4.24. The first-order valence-electron chi connectivity index (χ1n) is 10.3. The number of imidazole rings is 1. The highest BCUT2D eigenvalue weighted by atomic mass is 32.1. The number of aromatic amines is 2. The Labute approximate surface area is 191 Å². The Morgan fingerprint density at radius 3 is 2.73 bits per heavy atom. The topological polar surface area (TPSA) is 113 Å². The van der Waals surface area contributed by atoms with E-state index in [1.165, 1.54) is 11.3 Å². The fourth-order valence-electron chi connectivity index (χ4n) is 3.89. The van der Waals surface area contributed by atoms with Crippen molar-refractivity contribution < 1.29 is 4.79 Å². The third-order valence-corrected chi connectivity index (χ3v) is 6.81. The van der Waals surface area contributed by atoms with Gasteiger partial charge >= 0.3 is 0 Å². The summed E-state index contributed by atoms with van der Waals surface area (Å²) in [4.78, 5) is 34.8. The molecule has 0 atom stereocenters. The molecular weight excluding hydrogens is 434 g/mol. The second kappa shape index (κ2) is 7.42. The van der Waals surface area contributed by atoms with Gasteiger partial charge in [0.2, 0.25) is 0 Å². The minimum Gasteiger partial charge on any atom is -0.321 e. The maximum atomic E-state index is 11.7. The van der Waals surface area contributed by atoms with Gasteiger partial charge in [-0.05, 0) is 49.7 Å². The number of pyridine rings is 3. The molecule has 0 aliphatic heterocycles. The molecule has 0 amide bonds. The molecule has 0 saturated heterocycles. The lowest BCUT2D eigenvalue weighted by atomic mass is 10.0. The summed E-state index contributed by atoms with van der Waals surface area (Å²) in [5.41, 5.74) is 6.75. The minimum absolute atomic E-state index is 0.0504. The molecule has 6 aromatic rings. The van der Waals surface area contributed by atoms with E-state index in [9.17, 15) is 4.79 Å². The van der Waals surface area contributed by atoms with Crippen LogP contribution in [0.3, 0.4) is 0 Å². The maximum Gasteiger partial charge on any atom is 0.169 e. The fourth-order valence-corrected chi connectivity index (χ4v) is 4.82. The maximum absolute atomic E-state index is 11.7. The monoisotopic (exact) mass is 451 g/mol. The Bertz CT molecular complexity index is 1680. The molecule has 0 aromatic carbocycles. The molecule has 0 aliphatic carbocycles. The zero-order chi connectivity index (χ0) is 22.5. The van der Waals surface area contributed by atoms with Gasteiger partial charge in [0, 0.05) is 46.4 Å². The number of rotatable bonds is 4. The molecular formula is C24H17N7OS. The van der Waals surface area contributed by atoms with Gasteiger partial charge in [0.05, 0.1) is 10.3 Å². The average Bonchev–Trinajstić information content (AvgIpc) is 3.56. The third-order valence-electron chi connectivity index (χ3n) is 5.59. The van der Waals surface area contributed by atoms with E-state index < -0.39 is 0 Å². The summed E-state index contributed by atoms with van der Waals surface area (Å²) in [7, 11) is 0. The zero-order valence-electron chi connectivity index (χ0n) is 17.7. The van der Waals surface area contributed by atoms with E-state index in [1.54, 1.807) is 19.3 Å². The van der Waals surface area contributed by atoms with Crippen molar-refractivity contribution in [3.8, 4) is 33.1 Å². The van der Waals surface area contributed by atoms with E-state index in [4.69, 9.17) is 4.98 Å². The van der Waals surface area contributed by atoms with Crippen LogP contribution in [-0.4, -0.2) is 40.9 Å². The van der Waals surface area contributed by atoms with Gasteiger partial charge in [-0.15, -0.1) is 11.3 Å². The van der Waals surface area contributed by atoms with Gasteiger partial charge < -0.3 is 4.98 Å². The van der Waals surface area contributed by atoms with Gasteiger partial charge in [0.25, 0.3) is 0 Å². The second-order valence-electron chi connectivity index (χ2n) is 7.74. The van der Waals surface area contributed by atoms with Crippen molar-refractivity contribution in [3.63, 3.8) is 0 Å². The largest absolute Gasteiger partial charge is 0.321 e. The van der Waals surface area contributed by atoms with Gasteiger partial charge in [0.1, 0.15) is 11.2 Å². The summed E-state index contributed by atoms with van der Waals surface area (Å²) >= 11 is 1.45. The van der Waals surface area contributed by atoms with Gasteiger partial charge in [-0.25, -0.2) is 15.0 Å². The number of fused-ring (bicyclic) bond motifs is 2. The van der Waals surface area contributed by atoms with Crippen molar-refractivity contribution in [2.45, 2.75) is 13.8 Å². The van der Waals surface area contributed by atoms with E-state index in [-0.39, 0.29) is 5.78 Å². The van der Waals surface area contributed by atoms with Crippen molar-refractivity contribution in [1.29, 1.82) is 0 Å². The number of nitrogens with one attached hydrogen (secondary N) is 2. The van der Waals surface area contributed by atoms with Crippen LogP contribution < -0.4 is 0 Å². The van der Waals surface area contributed by atoms with Crippen molar-refractivity contribution in [3.05, 3.63) is 65.6 Å². The molecule has 2 N–H and O–H groups in total. The highest BCUT2D eigenvalue weighted by molar-refractivity contribution is 7.17. The quantitative estimate of drug-likeness (QED) is 0.356. The number of thiophene rings is 1. The summed E-state index contributed by atoms with van der Waals surface area (Å²) in [5, 5.41) is 8.33. The molecule has 0 bridgehead atoms. The predicted octanol–water partition coefficient (Wildman–Crippen LogP) is 5.20. The molecule has 6 aromatic heterocycles. The van der Waals surface area contributed by atoms with Crippen LogP contribution in [0.5, 0.6) is 0 Å². The molecule has 0 aliphatic rings. The Balaban J connectivity index is 1.49. The number of aryl methyl sites for hydroxylation is 1. The number of hydrogen-bond acceptors (Lipinski definition) is 7. The van der Waals surface area contributed by atoms with Gasteiger partial charge in [-0.3, -0.25) is 14.9 Å². The average molecular weight is 452 g/mol. The number of ketones is 1. The van der Waals surface area contributed by atoms with Crippen molar-refractivity contribution in [2.75, 3.05) is 0 Å². The highest BCUT2D eigenvalue weighted by Gasteiger charge is 2.18.